The summed E-state index contributed by atoms with van der Waals surface area (Å²) in [6.45, 7) is -0.203. The van der Waals surface area contributed by atoms with Gasteiger partial charge in [0.1, 0.15) is 17.1 Å². The molecular weight excluding hydrogens is 377 g/mol. The number of nitrogens with one attached hydrogen (secondary N) is 1. The lowest BCUT2D eigenvalue weighted by molar-refractivity contribution is -0.116. The predicted molar refractivity (Wildman–Crippen MR) is 101 cm³/mol. The Labute approximate surface area is 155 Å². The third-order valence-electron chi connectivity index (χ3n) is 3.87. The first-order valence-corrected chi connectivity index (χ1v) is 8.84. The van der Waals surface area contributed by atoms with E-state index in [1.54, 1.807) is 0 Å². The lowest BCUT2D eigenvalue weighted by Gasteiger charge is -2.07. The molecule has 130 valence electrons. The summed E-state index contributed by atoms with van der Waals surface area (Å²) < 4.78 is 15.9. The van der Waals surface area contributed by atoms with Crippen LogP contribution in [0.25, 0.3) is 20.3 Å². The molecule has 1 N–H and O–H groups in total. The van der Waals surface area contributed by atoms with Crippen LogP contribution in [0.3, 0.4) is 0 Å². The average molecular weight is 388 g/mol. The van der Waals surface area contributed by atoms with Crippen LogP contribution in [-0.2, 0) is 11.3 Å². The highest BCUT2D eigenvalue weighted by molar-refractivity contribution is 7.25. The molecule has 0 fully saturated rings. The maximum atomic E-state index is 13.2. The van der Waals surface area contributed by atoms with E-state index in [0.29, 0.717) is 15.9 Å². The van der Waals surface area contributed by atoms with Crippen molar-refractivity contribution >= 4 is 54.8 Å². The molecule has 26 heavy (non-hydrogen) atoms. The molecule has 5 nitrogen and oxygen atoms in total. The van der Waals surface area contributed by atoms with Gasteiger partial charge in [0.05, 0.1) is 16.9 Å². The zero-order chi connectivity index (χ0) is 18.3. The van der Waals surface area contributed by atoms with Gasteiger partial charge in [-0.25, -0.2) is 9.37 Å². The summed E-state index contributed by atoms with van der Waals surface area (Å²) in [5, 5.41) is 3.42. The lowest BCUT2D eigenvalue weighted by atomic mass is 10.2. The molecule has 0 aliphatic carbocycles. The normalized spacial score (nSPS) is 11.2. The van der Waals surface area contributed by atoms with E-state index in [-0.39, 0.29) is 17.1 Å². The van der Waals surface area contributed by atoms with Gasteiger partial charge in [-0.05, 0) is 24.3 Å². The minimum Gasteiger partial charge on any atom is -0.324 e. The second-order valence-corrected chi connectivity index (χ2v) is 7.09. The van der Waals surface area contributed by atoms with Gasteiger partial charge in [0.2, 0.25) is 5.91 Å². The highest BCUT2D eigenvalue weighted by Crippen LogP contribution is 2.29. The van der Waals surface area contributed by atoms with Crippen molar-refractivity contribution in [3.05, 3.63) is 70.0 Å². The van der Waals surface area contributed by atoms with E-state index in [0.717, 1.165) is 16.2 Å². The monoisotopic (exact) mass is 387 g/mol. The van der Waals surface area contributed by atoms with E-state index in [4.69, 9.17) is 11.6 Å². The van der Waals surface area contributed by atoms with Crippen molar-refractivity contribution in [3.63, 3.8) is 0 Å². The van der Waals surface area contributed by atoms with Crippen LogP contribution in [0.15, 0.2) is 53.6 Å². The molecular formula is C18H11ClFN3O2S. The van der Waals surface area contributed by atoms with E-state index in [1.165, 1.54) is 34.4 Å². The van der Waals surface area contributed by atoms with Crippen molar-refractivity contribution in [2.24, 2.45) is 0 Å². The quantitative estimate of drug-likeness (QED) is 0.577. The Morgan fingerprint density at radius 1 is 1.27 bits per heavy atom. The summed E-state index contributed by atoms with van der Waals surface area (Å²) in [7, 11) is 0. The van der Waals surface area contributed by atoms with Gasteiger partial charge in [-0.3, -0.25) is 14.2 Å². The minimum atomic E-state index is -0.569. The molecule has 0 radical (unpaired) electrons. The molecule has 0 spiro atoms. The van der Waals surface area contributed by atoms with Gasteiger partial charge in [0, 0.05) is 15.8 Å². The highest BCUT2D eigenvalue weighted by atomic mass is 35.5. The number of carbonyl (C=O) groups excluding carboxylic acids is 1. The molecule has 4 aromatic rings. The fraction of sp³-hybridized carbons (Fsp3) is 0.0556. The topological polar surface area (TPSA) is 64.0 Å². The standard InChI is InChI=1S/C18H11ClFN3O2S/c19-12-7-10(5-6-13(12)20)22-15(24)8-23-9-21-16-11-3-1-2-4-14(11)26-17(16)18(23)25/h1-7,9H,8H2,(H,22,24). The Hall–Kier alpha value is -2.77. The third kappa shape index (κ3) is 2.95. The van der Waals surface area contributed by atoms with Gasteiger partial charge < -0.3 is 5.32 Å². The van der Waals surface area contributed by atoms with Crippen LogP contribution in [0, 0.1) is 5.82 Å². The summed E-state index contributed by atoms with van der Waals surface area (Å²) in [4.78, 5) is 29.2. The van der Waals surface area contributed by atoms with Crippen LogP contribution in [0.2, 0.25) is 5.02 Å². The third-order valence-corrected chi connectivity index (χ3v) is 5.31. The van der Waals surface area contributed by atoms with E-state index in [2.05, 4.69) is 10.3 Å². The molecule has 0 unspecified atom stereocenters. The molecule has 0 aliphatic rings. The number of rotatable bonds is 3. The number of benzene rings is 2. The van der Waals surface area contributed by atoms with Crippen LogP contribution in [-0.4, -0.2) is 15.5 Å². The number of amides is 1. The highest BCUT2D eigenvalue weighted by Gasteiger charge is 2.13. The molecule has 2 aromatic carbocycles. The van der Waals surface area contributed by atoms with E-state index in [9.17, 15) is 14.0 Å². The Morgan fingerprint density at radius 2 is 2.08 bits per heavy atom. The first-order chi connectivity index (χ1) is 12.5. The summed E-state index contributed by atoms with van der Waals surface area (Å²) in [6.07, 6.45) is 1.36. The first kappa shape index (κ1) is 16.7. The number of fused-ring (bicyclic) bond motifs is 3. The largest absolute Gasteiger partial charge is 0.324 e. The van der Waals surface area contributed by atoms with Gasteiger partial charge in [0.25, 0.3) is 5.56 Å². The summed E-state index contributed by atoms with van der Waals surface area (Å²) in [6, 6.07) is 11.5. The van der Waals surface area contributed by atoms with Crippen LogP contribution in [0.1, 0.15) is 0 Å². The Balaban J connectivity index is 1.63. The van der Waals surface area contributed by atoms with E-state index >= 15 is 0 Å². The average Bonchev–Trinajstić information content (AvgIpc) is 3.00. The fourth-order valence-corrected chi connectivity index (χ4v) is 3.94. The predicted octanol–water partition coefficient (Wildman–Crippen LogP) is 4.04. The molecule has 0 saturated heterocycles. The second-order valence-electron chi connectivity index (χ2n) is 5.63. The van der Waals surface area contributed by atoms with Crippen LogP contribution in [0.5, 0.6) is 0 Å². The van der Waals surface area contributed by atoms with Crippen LogP contribution < -0.4 is 10.9 Å². The van der Waals surface area contributed by atoms with E-state index < -0.39 is 11.7 Å². The lowest BCUT2D eigenvalue weighted by Crippen LogP contribution is -2.27. The number of halogens is 2. The van der Waals surface area contributed by atoms with Gasteiger partial charge in [-0.15, -0.1) is 11.3 Å². The van der Waals surface area contributed by atoms with Crippen molar-refractivity contribution in [1.29, 1.82) is 0 Å². The molecule has 0 saturated carbocycles. The van der Waals surface area contributed by atoms with Crippen molar-refractivity contribution in [2.75, 3.05) is 5.32 Å². The molecule has 2 aromatic heterocycles. The molecule has 1 amide bonds. The number of thiophene rings is 1. The second kappa shape index (κ2) is 6.51. The maximum Gasteiger partial charge on any atom is 0.271 e. The number of carbonyl (C=O) groups is 1. The summed E-state index contributed by atoms with van der Waals surface area (Å²) >= 11 is 7.05. The maximum absolute atomic E-state index is 13.2. The Bertz CT molecular complexity index is 1220. The zero-order valence-corrected chi connectivity index (χ0v) is 14.8. The van der Waals surface area contributed by atoms with Gasteiger partial charge in [-0.1, -0.05) is 29.8 Å². The Kier molecular flexibility index (Phi) is 4.18. The molecule has 0 bridgehead atoms. The Morgan fingerprint density at radius 3 is 2.88 bits per heavy atom. The van der Waals surface area contributed by atoms with Gasteiger partial charge in [-0.2, -0.15) is 0 Å². The number of hydrogen-bond acceptors (Lipinski definition) is 4. The molecule has 2 heterocycles. The van der Waals surface area contributed by atoms with Crippen molar-refractivity contribution < 1.29 is 9.18 Å². The summed E-state index contributed by atoms with van der Waals surface area (Å²) in [5.74, 6) is -1.00. The number of hydrogen-bond donors (Lipinski definition) is 1. The van der Waals surface area contributed by atoms with Gasteiger partial charge >= 0.3 is 0 Å². The number of nitrogens with zero attached hydrogens (tertiary/aromatic N) is 2. The molecule has 0 atom stereocenters. The minimum absolute atomic E-state index is 0.0895. The van der Waals surface area contributed by atoms with Crippen molar-refractivity contribution in [2.45, 2.75) is 6.54 Å². The molecule has 4 rings (SSSR count). The van der Waals surface area contributed by atoms with Gasteiger partial charge in [0.15, 0.2) is 0 Å². The van der Waals surface area contributed by atoms with Crippen LogP contribution in [0.4, 0.5) is 10.1 Å². The fourth-order valence-electron chi connectivity index (χ4n) is 2.66. The number of aromatic nitrogens is 2. The van der Waals surface area contributed by atoms with Crippen molar-refractivity contribution in [3.8, 4) is 0 Å². The summed E-state index contributed by atoms with van der Waals surface area (Å²) in [5.41, 5.74) is 0.714. The first-order valence-electron chi connectivity index (χ1n) is 7.64. The van der Waals surface area contributed by atoms with Crippen molar-refractivity contribution in [1.82, 2.24) is 9.55 Å². The smallest absolute Gasteiger partial charge is 0.271 e. The molecule has 0 aliphatic heterocycles. The van der Waals surface area contributed by atoms with E-state index in [1.807, 2.05) is 24.3 Å². The SMILES string of the molecule is O=C(Cn1cnc2c(sc3ccccc32)c1=O)Nc1ccc(F)c(Cl)c1. The zero-order valence-electron chi connectivity index (χ0n) is 13.2. The molecule has 8 heteroatoms. The van der Waals surface area contributed by atoms with Crippen LogP contribution >= 0.6 is 22.9 Å². The number of anilines is 1.